The van der Waals surface area contributed by atoms with E-state index in [9.17, 15) is 8.42 Å². The number of nitrogens with zero attached hydrogens (tertiary/aromatic N) is 2. The molecule has 0 unspecified atom stereocenters. The van der Waals surface area contributed by atoms with E-state index in [-0.39, 0.29) is 0 Å². The number of hydrogen-bond acceptors (Lipinski definition) is 4. The van der Waals surface area contributed by atoms with Crippen molar-refractivity contribution in [1.29, 1.82) is 0 Å². The topological polar surface area (TPSA) is 62.3 Å². The summed E-state index contributed by atoms with van der Waals surface area (Å²) in [6, 6.07) is 2.50. The summed E-state index contributed by atoms with van der Waals surface area (Å²) < 4.78 is 24.4. The van der Waals surface area contributed by atoms with Gasteiger partial charge in [0.15, 0.2) is 0 Å². The number of hydrogen-bond donors (Lipinski definition) is 1. The average Bonchev–Trinajstić information content (AvgIpc) is 2.36. The summed E-state index contributed by atoms with van der Waals surface area (Å²) in [6.07, 6.45) is 6.72. The number of pyridine rings is 1. The maximum Gasteiger partial charge on any atom is 0.211 e. The van der Waals surface area contributed by atoms with E-state index in [0.29, 0.717) is 19.1 Å². The first-order valence-corrected chi connectivity index (χ1v) is 8.39. The fraction of sp³-hybridized carbons (Fsp3) is 0.615. The van der Waals surface area contributed by atoms with Gasteiger partial charge in [0.1, 0.15) is 0 Å². The molecule has 1 fully saturated rings. The Kier molecular flexibility index (Phi) is 4.54. The van der Waals surface area contributed by atoms with Crippen LogP contribution in [0.3, 0.4) is 0 Å². The first-order chi connectivity index (χ1) is 8.95. The number of nitrogens with one attached hydrogen (secondary N) is 1. The maximum absolute atomic E-state index is 11.4. The van der Waals surface area contributed by atoms with Crippen molar-refractivity contribution in [3.05, 3.63) is 29.6 Å². The van der Waals surface area contributed by atoms with Crippen LogP contribution in [-0.2, 0) is 16.6 Å². The van der Waals surface area contributed by atoms with Gasteiger partial charge in [0.05, 0.1) is 6.26 Å². The van der Waals surface area contributed by atoms with Gasteiger partial charge in [-0.15, -0.1) is 0 Å². The summed E-state index contributed by atoms with van der Waals surface area (Å²) in [6.45, 7) is 4.05. The highest BCUT2D eigenvalue weighted by atomic mass is 32.2. The van der Waals surface area contributed by atoms with Gasteiger partial charge >= 0.3 is 0 Å². The van der Waals surface area contributed by atoms with Crippen molar-refractivity contribution in [3.8, 4) is 0 Å². The maximum atomic E-state index is 11.4. The molecule has 1 aromatic heterocycles. The normalized spacial score (nSPS) is 18.6. The Balaban J connectivity index is 1.80. The molecular formula is C13H21N3O2S. The lowest BCUT2D eigenvalue weighted by atomic mass is 10.1. The third-order valence-electron chi connectivity index (χ3n) is 3.45. The Hall–Kier alpha value is -0.980. The zero-order valence-electron chi connectivity index (χ0n) is 11.5. The van der Waals surface area contributed by atoms with Gasteiger partial charge in [-0.05, 0) is 30.9 Å². The van der Waals surface area contributed by atoms with Crippen LogP contribution in [0.2, 0.25) is 0 Å². The van der Waals surface area contributed by atoms with Crippen LogP contribution in [-0.4, -0.2) is 43.1 Å². The van der Waals surface area contributed by atoms with Crippen LogP contribution in [0.25, 0.3) is 0 Å². The second kappa shape index (κ2) is 5.98. The van der Waals surface area contributed by atoms with Gasteiger partial charge < -0.3 is 5.32 Å². The molecule has 106 valence electrons. The molecule has 0 saturated carbocycles. The molecule has 2 heterocycles. The van der Waals surface area contributed by atoms with E-state index in [1.807, 2.05) is 19.3 Å². The van der Waals surface area contributed by atoms with Gasteiger partial charge in [-0.2, -0.15) is 0 Å². The van der Waals surface area contributed by atoms with Crippen LogP contribution in [0.15, 0.2) is 18.5 Å². The summed E-state index contributed by atoms with van der Waals surface area (Å²) in [7, 11) is -3.03. The Labute approximate surface area is 115 Å². The fourth-order valence-corrected chi connectivity index (χ4v) is 3.24. The van der Waals surface area contributed by atoms with E-state index in [1.165, 1.54) is 11.8 Å². The number of aromatic nitrogens is 1. The third kappa shape index (κ3) is 4.26. The molecule has 5 nitrogen and oxygen atoms in total. The van der Waals surface area contributed by atoms with Gasteiger partial charge in [-0.1, -0.05) is 6.07 Å². The highest BCUT2D eigenvalue weighted by molar-refractivity contribution is 7.88. The molecule has 19 heavy (non-hydrogen) atoms. The Morgan fingerprint density at radius 1 is 1.37 bits per heavy atom. The summed E-state index contributed by atoms with van der Waals surface area (Å²) in [5.41, 5.74) is 2.33. The molecule has 1 aromatic rings. The van der Waals surface area contributed by atoms with E-state index in [2.05, 4.69) is 16.4 Å². The Bertz CT molecular complexity index is 522. The van der Waals surface area contributed by atoms with Crippen LogP contribution in [0, 0.1) is 6.92 Å². The number of rotatable bonds is 4. The van der Waals surface area contributed by atoms with Crippen molar-refractivity contribution in [2.24, 2.45) is 0 Å². The Morgan fingerprint density at radius 3 is 2.63 bits per heavy atom. The van der Waals surface area contributed by atoms with Crippen molar-refractivity contribution < 1.29 is 8.42 Å². The van der Waals surface area contributed by atoms with Crippen molar-refractivity contribution >= 4 is 10.0 Å². The van der Waals surface area contributed by atoms with Crippen LogP contribution >= 0.6 is 0 Å². The average molecular weight is 283 g/mol. The molecular weight excluding hydrogens is 262 g/mol. The first kappa shape index (κ1) is 14.4. The van der Waals surface area contributed by atoms with Gasteiger partial charge in [0.25, 0.3) is 0 Å². The third-order valence-corrected chi connectivity index (χ3v) is 4.75. The van der Waals surface area contributed by atoms with Crippen molar-refractivity contribution in [3.63, 3.8) is 0 Å². The van der Waals surface area contributed by atoms with E-state index < -0.39 is 10.0 Å². The van der Waals surface area contributed by atoms with E-state index in [1.54, 1.807) is 4.31 Å². The van der Waals surface area contributed by atoms with Gasteiger partial charge in [0, 0.05) is 38.1 Å². The van der Waals surface area contributed by atoms with Crippen molar-refractivity contribution in [2.45, 2.75) is 32.4 Å². The highest BCUT2D eigenvalue weighted by Gasteiger charge is 2.24. The lowest BCUT2D eigenvalue weighted by Gasteiger charge is -2.30. The Morgan fingerprint density at radius 2 is 2.05 bits per heavy atom. The first-order valence-electron chi connectivity index (χ1n) is 6.54. The molecule has 0 bridgehead atoms. The molecule has 0 radical (unpaired) electrons. The zero-order valence-corrected chi connectivity index (χ0v) is 12.3. The summed E-state index contributed by atoms with van der Waals surface area (Å²) in [5.74, 6) is 0. The predicted octanol–water partition coefficient (Wildman–Crippen LogP) is 0.904. The molecule has 0 aromatic carbocycles. The second-order valence-electron chi connectivity index (χ2n) is 5.19. The minimum absolute atomic E-state index is 0.388. The smallest absolute Gasteiger partial charge is 0.211 e. The molecule has 1 aliphatic heterocycles. The van der Waals surface area contributed by atoms with Gasteiger partial charge in [-0.3, -0.25) is 4.98 Å². The molecule has 1 N–H and O–H groups in total. The molecule has 6 heteroatoms. The SMILES string of the molecule is Cc1cncc(CNC2CCN(S(C)(=O)=O)CC2)c1. The van der Waals surface area contributed by atoms with Crippen LogP contribution in [0.5, 0.6) is 0 Å². The quantitative estimate of drug-likeness (QED) is 0.892. The number of sulfonamides is 1. The molecule has 1 aliphatic rings. The predicted molar refractivity (Wildman–Crippen MR) is 75.3 cm³/mol. The number of piperidine rings is 1. The largest absolute Gasteiger partial charge is 0.310 e. The van der Waals surface area contributed by atoms with Crippen LogP contribution in [0.4, 0.5) is 0 Å². The standard InChI is InChI=1S/C13H21N3O2S/c1-11-7-12(9-14-8-11)10-15-13-3-5-16(6-4-13)19(2,17)18/h7-9,13,15H,3-6,10H2,1-2H3. The molecule has 1 saturated heterocycles. The van der Waals surface area contributed by atoms with E-state index in [0.717, 1.165) is 24.9 Å². The van der Waals surface area contributed by atoms with Gasteiger partial charge in [-0.25, -0.2) is 12.7 Å². The highest BCUT2D eigenvalue weighted by Crippen LogP contribution is 2.13. The van der Waals surface area contributed by atoms with Crippen molar-refractivity contribution in [2.75, 3.05) is 19.3 Å². The summed E-state index contributed by atoms with van der Waals surface area (Å²) in [4.78, 5) is 4.16. The molecule has 0 atom stereocenters. The lowest BCUT2D eigenvalue weighted by molar-refractivity contribution is 0.290. The minimum atomic E-state index is -3.03. The monoisotopic (exact) mass is 283 g/mol. The van der Waals surface area contributed by atoms with E-state index >= 15 is 0 Å². The second-order valence-corrected chi connectivity index (χ2v) is 7.17. The zero-order chi connectivity index (χ0) is 13.9. The van der Waals surface area contributed by atoms with Gasteiger partial charge in [0.2, 0.25) is 10.0 Å². The minimum Gasteiger partial charge on any atom is -0.310 e. The molecule has 0 spiro atoms. The lowest BCUT2D eigenvalue weighted by Crippen LogP contribution is -2.44. The van der Waals surface area contributed by atoms with E-state index in [4.69, 9.17) is 0 Å². The van der Waals surface area contributed by atoms with Crippen molar-refractivity contribution in [1.82, 2.24) is 14.6 Å². The number of aryl methyl sites for hydroxylation is 1. The summed E-state index contributed by atoms with van der Waals surface area (Å²) >= 11 is 0. The summed E-state index contributed by atoms with van der Waals surface area (Å²) in [5, 5.41) is 3.48. The molecule has 0 aliphatic carbocycles. The molecule has 2 rings (SSSR count). The molecule has 0 amide bonds. The van der Waals surface area contributed by atoms with Crippen LogP contribution in [0.1, 0.15) is 24.0 Å². The fourth-order valence-electron chi connectivity index (χ4n) is 2.37. The van der Waals surface area contributed by atoms with Crippen LogP contribution < -0.4 is 5.32 Å².